The van der Waals surface area contributed by atoms with E-state index in [1.54, 1.807) is 27.8 Å². The molecule has 0 atom stereocenters. The summed E-state index contributed by atoms with van der Waals surface area (Å²) < 4.78 is 9.85. The highest BCUT2D eigenvalue weighted by Gasteiger charge is 2.24. The molecule has 1 amide bonds. The van der Waals surface area contributed by atoms with Gasteiger partial charge in [0.05, 0.1) is 30.2 Å². The van der Waals surface area contributed by atoms with Crippen LogP contribution in [0.3, 0.4) is 0 Å². The first-order chi connectivity index (χ1) is 10.3. The zero-order valence-corrected chi connectivity index (χ0v) is 13.4. The molecule has 0 fully saturated rings. The normalized spacial score (nSPS) is 10.0. The highest BCUT2D eigenvalue weighted by Crippen LogP contribution is 2.23. The molecule has 0 aliphatic rings. The van der Waals surface area contributed by atoms with Gasteiger partial charge in [0.15, 0.2) is 5.69 Å². The maximum Gasteiger partial charge on any atom is 0.357 e. The monoisotopic (exact) mass is 308 g/mol. The topological polar surface area (TPSA) is 85.8 Å². The van der Waals surface area contributed by atoms with Crippen molar-refractivity contribution >= 4 is 23.5 Å². The molecule has 1 heterocycles. The lowest BCUT2D eigenvalue weighted by Crippen LogP contribution is -2.26. The van der Waals surface area contributed by atoms with Crippen LogP contribution in [0.2, 0.25) is 0 Å². The maximum atomic E-state index is 12.1. The quantitative estimate of drug-likeness (QED) is 0.770. The Bertz CT molecular complexity index is 598. The third kappa shape index (κ3) is 3.81. The van der Waals surface area contributed by atoms with Gasteiger partial charge in [-0.1, -0.05) is 0 Å². The number of aromatic nitrogens is 1. The van der Waals surface area contributed by atoms with E-state index in [9.17, 15) is 14.4 Å². The molecule has 0 unspecified atom stereocenters. The fourth-order valence-corrected chi connectivity index (χ4v) is 1.82. The molecular formula is C15H20N2O5. The van der Waals surface area contributed by atoms with E-state index in [0.29, 0.717) is 11.4 Å². The van der Waals surface area contributed by atoms with Crippen molar-refractivity contribution in [1.29, 1.82) is 0 Å². The highest BCUT2D eigenvalue weighted by molar-refractivity contribution is 6.03. The third-order valence-electron chi connectivity index (χ3n) is 2.98. The van der Waals surface area contributed by atoms with E-state index >= 15 is 0 Å². The van der Waals surface area contributed by atoms with Crippen molar-refractivity contribution in [1.82, 2.24) is 4.98 Å². The fourth-order valence-electron chi connectivity index (χ4n) is 1.82. The molecule has 0 saturated carbocycles. The second-order valence-corrected chi connectivity index (χ2v) is 4.51. The van der Waals surface area contributed by atoms with Crippen LogP contribution in [-0.4, -0.2) is 43.1 Å². The SMILES string of the molecule is CCOC(=O)c1cc(N(C)C(C)=O)c(C)nc1C(=O)OCC. The van der Waals surface area contributed by atoms with Crippen LogP contribution in [-0.2, 0) is 14.3 Å². The summed E-state index contributed by atoms with van der Waals surface area (Å²) in [5, 5.41) is 0. The number of aryl methyl sites for hydroxylation is 1. The van der Waals surface area contributed by atoms with Gasteiger partial charge in [-0.3, -0.25) is 4.79 Å². The second kappa shape index (κ2) is 7.53. The Labute approximate surface area is 129 Å². The number of esters is 2. The van der Waals surface area contributed by atoms with Crippen LogP contribution in [0.1, 0.15) is 47.3 Å². The Morgan fingerprint density at radius 3 is 2.18 bits per heavy atom. The Balaban J connectivity index is 3.44. The molecule has 1 aromatic heterocycles. The van der Waals surface area contributed by atoms with Crippen LogP contribution in [0.25, 0.3) is 0 Å². The van der Waals surface area contributed by atoms with Crippen LogP contribution in [0.4, 0.5) is 5.69 Å². The molecule has 22 heavy (non-hydrogen) atoms. The lowest BCUT2D eigenvalue weighted by Gasteiger charge is -2.19. The van der Waals surface area contributed by atoms with Crippen LogP contribution in [0.15, 0.2) is 6.07 Å². The largest absolute Gasteiger partial charge is 0.462 e. The molecule has 1 aromatic rings. The summed E-state index contributed by atoms with van der Waals surface area (Å²) in [7, 11) is 1.56. The third-order valence-corrected chi connectivity index (χ3v) is 2.98. The molecule has 0 saturated heterocycles. The summed E-state index contributed by atoms with van der Waals surface area (Å²) in [5.74, 6) is -1.61. The van der Waals surface area contributed by atoms with Gasteiger partial charge in [0.2, 0.25) is 5.91 Å². The van der Waals surface area contributed by atoms with E-state index in [1.165, 1.54) is 17.9 Å². The smallest absolute Gasteiger partial charge is 0.357 e. The highest BCUT2D eigenvalue weighted by atomic mass is 16.5. The molecule has 0 aliphatic heterocycles. The van der Waals surface area contributed by atoms with Gasteiger partial charge in [0.25, 0.3) is 0 Å². The number of rotatable bonds is 5. The average Bonchev–Trinajstić information content (AvgIpc) is 2.46. The predicted molar refractivity (Wildman–Crippen MR) is 80.0 cm³/mol. The molecule has 0 bridgehead atoms. The average molecular weight is 308 g/mol. The van der Waals surface area contributed by atoms with Crippen molar-refractivity contribution < 1.29 is 23.9 Å². The summed E-state index contributed by atoms with van der Waals surface area (Å²) in [5.41, 5.74) is 0.741. The number of amides is 1. The minimum Gasteiger partial charge on any atom is -0.462 e. The zero-order chi connectivity index (χ0) is 16.9. The maximum absolute atomic E-state index is 12.1. The number of pyridine rings is 1. The van der Waals surface area contributed by atoms with Gasteiger partial charge in [0.1, 0.15) is 0 Å². The van der Waals surface area contributed by atoms with E-state index in [-0.39, 0.29) is 30.4 Å². The summed E-state index contributed by atoms with van der Waals surface area (Å²) in [4.78, 5) is 41.0. The van der Waals surface area contributed by atoms with E-state index in [4.69, 9.17) is 9.47 Å². The minimum absolute atomic E-state index is 0.0194. The molecule has 7 heteroatoms. The van der Waals surface area contributed by atoms with E-state index in [2.05, 4.69) is 4.98 Å². The lowest BCUT2D eigenvalue weighted by atomic mass is 10.1. The van der Waals surface area contributed by atoms with E-state index in [1.807, 2.05) is 0 Å². The predicted octanol–water partition coefficient (Wildman–Crippen LogP) is 1.73. The van der Waals surface area contributed by atoms with Crippen molar-refractivity contribution in [3.63, 3.8) is 0 Å². The summed E-state index contributed by atoms with van der Waals surface area (Å²) >= 11 is 0. The number of nitrogens with zero attached hydrogens (tertiary/aromatic N) is 2. The number of carbonyl (C=O) groups excluding carboxylic acids is 3. The number of anilines is 1. The second-order valence-electron chi connectivity index (χ2n) is 4.51. The molecule has 0 spiro atoms. The Morgan fingerprint density at radius 2 is 1.68 bits per heavy atom. The van der Waals surface area contributed by atoms with Gasteiger partial charge in [-0.05, 0) is 26.8 Å². The Hall–Kier alpha value is -2.44. The lowest BCUT2D eigenvalue weighted by molar-refractivity contribution is -0.116. The van der Waals surface area contributed by atoms with Crippen molar-refractivity contribution in [2.75, 3.05) is 25.2 Å². The summed E-state index contributed by atoms with van der Waals surface area (Å²) in [6.07, 6.45) is 0. The molecule has 0 aromatic carbocycles. The van der Waals surface area contributed by atoms with Gasteiger partial charge >= 0.3 is 11.9 Å². The fraction of sp³-hybridized carbons (Fsp3) is 0.467. The Morgan fingerprint density at radius 1 is 1.14 bits per heavy atom. The number of carbonyl (C=O) groups is 3. The van der Waals surface area contributed by atoms with E-state index in [0.717, 1.165) is 0 Å². The molecule has 0 aliphatic carbocycles. The van der Waals surface area contributed by atoms with Crippen LogP contribution >= 0.6 is 0 Å². The molecular weight excluding hydrogens is 288 g/mol. The number of hydrogen-bond donors (Lipinski definition) is 0. The van der Waals surface area contributed by atoms with Crippen LogP contribution in [0, 0.1) is 6.92 Å². The van der Waals surface area contributed by atoms with Gasteiger partial charge in [-0.15, -0.1) is 0 Å². The van der Waals surface area contributed by atoms with Gasteiger partial charge in [0, 0.05) is 14.0 Å². The number of ether oxygens (including phenoxy) is 2. The zero-order valence-electron chi connectivity index (χ0n) is 13.4. The molecule has 7 nitrogen and oxygen atoms in total. The van der Waals surface area contributed by atoms with Crippen molar-refractivity contribution in [2.24, 2.45) is 0 Å². The first-order valence-corrected chi connectivity index (χ1v) is 6.93. The first kappa shape index (κ1) is 17.6. The van der Waals surface area contributed by atoms with Crippen molar-refractivity contribution in [2.45, 2.75) is 27.7 Å². The Kier molecular flexibility index (Phi) is 6.03. The minimum atomic E-state index is -0.703. The van der Waals surface area contributed by atoms with Crippen LogP contribution < -0.4 is 4.90 Å². The first-order valence-electron chi connectivity index (χ1n) is 6.93. The van der Waals surface area contributed by atoms with Gasteiger partial charge in [-0.2, -0.15) is 0 Å². The van der Waals surface area contributed by atoms with Crippen LogP contribution in [0.5, 0.6) is 0 Å². The standard InChI is InChI=1S/C15H20N2O5/c1-6-21-14(19)11-8-12(17(5)10(4)18)9(3)16-13(11)15(20)22-7-2/h8H,6-7H2,1-5H3. The summed E-state index contributed by atoms with van der Waals surface area (Å²) in [6.45, 7) is 6.68. The van der Waals surface area contributed by atoms with Crippen molar-refractivity contribution in [3.8, 4) is 0 Å². The van der Waals surface area contributed by atoms with Gasteiger partial charge < -0.3 is 14.4 Å². The van der Waals surface area contributed by atoms with E-state index < -0.39 is 11.9 Å². The van der Waals surface area contributed by atoms with Gasteiger partial charge in [-0.25, -0.2) is 14.6 Å². The molecule has 120 valence electrons. The van der Waals surface area contributed by atoms with Crippen molar-refractivity contribution in [3.05, 3.63) is 23.0 Å². The number of hydrogen-bond acceptors (Lipinski definition) is 6. The molecule has 0 N–H and O–H groups in total. The molecule has 1 rings (SSSR count). The summed E-state index contributed by atoms with van der Waals surface area (Å²) in [6, 6.07) is 1.42. The molecule has 0 radical (unpaired) electrons.